The highest BCUT2D eigenvalue weighted by molar-refractivity contribution is 6.34. The van der Waals surface area contributed by atoms with Gasteiger partial charge in [-0.3, -0.25) is 9.82 Å². The van der Waals surface area contributed by atoms with Gasteiger partial charge in [0, 0.05) is 48.1 Å². The van der Waals surface area contributed by atoms with Gasteiger partial charge < -0.3 is 9.64 Å². The third-order valence-corrected chi connectivity index (χ3v) is 6.15. The van der Waals surface area contributed by atoms with Crippen LogP contribution in [0.3, 0.4) is 0 Å². The van der Waals surface area contributed by atoms with Gasteiger partial charge in [0.15, 0.2) is 0 Å². The van der Waals surface area contributed by atoms with Crippen molar-refractivity contribution in [3.05, 3.63) is 59.8 Å². The SMILES string of the molecule is O=C(N1CCC(Oc2ccc(-c3cc4ncccc4cc3Cl)cc2)CC1)N1CCCO1. The Kier molecular flexibility index (Phi) is 5.66. The van der Waals surface area contributed by atoms with E-state index in [0.717, 1.165) is 47.0 Å². The Balaban J connectivity index is 1.21. The van der Waals surface area contributed by atoms with E-state index in [4.69, 9.17) is 21.2 Å². The quantitative estimate of drug-likeness (QED) is 0.568. The number of fused-ring (bicyclic) bond motifs is 1. The van der Waals surface area contributed by atoms with Gasteiger partial charge in [-0.25, -0.2) is 9.86 Å². The third-order valence-electron chi connectivity index (χ3n) is 5.84. The molecule has 6 nitrogen and oxygen atoms in total. The van der Waals surface area contributed by atoms with Crippen LogP contribution in [0.25, 0.3) is 22.0 Å². The maximum Gasteiger partial charge on any atom is 0.343 e. The molecule has 7 heteroatoms. The summed E-state index contributed by atoms with van der Waals surface area (Å²) in [6.45, 7) is 2.67. The zero-order valence-electron chi connectivity index (χ0n) is 17.2. The standard InChI is InChI=1S/C24H24ClN3O3/c25-22-15-18-3-1-10-26-23(18)16-21(22)17-4-6-19(7-5-17)31-20-8-12-27(13-9-20)24(29)28-11-2-14-30-28/h1,3-7,10,15-16,20H,2,8-9,11-14H2. The van der Waals surface area contributed by atoms with Crippen LogP contribution in [0.5, 0.6) is 5.75 Å². The summed E-state index contributed by atoms with van der Waals surface area (Å²) in [5, 5.41) is 3.21. The lowest BCUT2D eigenvalue weighted by Gasteiger charge is -2.33. The normalized spacial score (nSPS) is 17.3. The molecule has 0 saturated carbocycles. The number of likely N-dealkylation sites (tertiary alicyclic amines) is 1. The molecular weight excluding hydrogens is 414 g/mol. The van der Waals surface area contributed by atoms with Gasteiger partial charge in [0.1, 0.15) is 11.9 Å². The number of amides is 2. The number of carbonyl (C=O) groups excluding carboxylic acids is 1. The Morgan fingerprint density at radius 1 is 1.10 bits per heavy atom. The summed E-state index contributed by atoms with van der Waals surface area (Å²) >= 11 is 6.52. The fourth-order valence-electron chi connectivity index (χ4n) is 4.14. The van der Waals surface area contributed by atoms with Gasteiger partial charge >= 0.3 is 6.03 Å². The number of halogens is 1. The molecule has 2 amide bonds. The van der Waals surface area contributed by atoms with Crippen LogP contribution in [-0.4, -0.2) is 53.3 Å². The lowest BCUT2D eigenvalue weighted by Crippen LogP contribution is -2.47. The molecule has 0 atom stereocenters. The number of urea groups is 1. The average molecular weight is 438 g/mol. The first kappa shape index (κ1) is 20.1. The van der Waals surface area contributed by atoms with Crippen molar-refractivity contribution in [2.45, 2.75) is 25.4 Å². The Morgan fingerprint density at radius 2 is 1.90 bits per heavy atom. The first-order valence-electron chi connectivity index (χ1n) is 10.7. The van der Waals surface area contributed by atoms with Crippen LogP contribution in [-0.2, 0) is 4.84 Å². The second-order valence-corrected chi connectivity index (χ2v) is 8.34. The Hall–Kier alpha value is -2.83. The van der Waals surface area contributed by atoms with Crippen molar-refractivity contribution in [1.29, 1.82) is 0 Å². The summed E-state index contributed by atoms with van der Waals surface area (Å²) in [7, 11) is 0. The van der Waals surface area contributed by atoms with E-state index in [1.807, 2.05) is 53.4 Å². The van der Waals surface area contributed by atoms with Crippen molar-refractivity contribution in [3.8, 4) is 16.9 Å². The van der Waals surface area contributed by atoms with Crippen molar-refractivity contribution in [1.82, 2.24) is 14.9 Å². The summed E-state index contributed by atoms with van der Waals surface area (Å²) in [4.78, 5) is 24.1. The van der Waals surface area contributed by atoms with E-state index in [1.54, 1.807) is 6.20 Å². The number of aromatic nitrogens is 1. The number of hydrogen-bond donors (Lipinski definition) is 0. The molecule has 2 fully saturated rings. The van der Waals surface area contributed by atoms with Gasteiger partial charge in [-0.15, -0.1) is 0 Å². The first-order chi connectivity index (χ1) is 15.2. The van der Waals surface area contributed by atoms with Crippen LogP contribution < -0.4 is 4.74 Å². The van der Waals surface area contributed by atoms with E-state index in [0.29, 0.717) is 31.3 Å². The zero-order valence-corrected chi connectivity index (χ0v) is 17.9. The summed E-state index contributed by atoms with van der Waals surface area (Å²) in [6, 6.07) is 15.9. The predicted octanol–water partition coefficient (Wildman–Crippen LogP) is 5.16. The topological polar surface area (TPSA) is 54.9 Å². The molecule has 0 bridgehead atoms. The Bertz CT molecular complexity index is 1080. The number of nitrogens with zero attached hydrogens (tertiary/aromatic N) is 3. The van der Waals surface area contributed by atoms with Gasteiger partial charge in [0.25, 0.3) is 0 Å². The molecule has 0 unspecified atom stereocenters. The van der Waals surface area contributed by atoms with Gasteiger partial charge in [-0.05, 0) is 42.3 Å². The lowest BCUT2D eigenvalue weighted by molar-refractivity contribution is -0.0797. The summed E-state index contributed by atoms with van der Waals surface area (Å²) < 4.78 is 6.17. The molecule has 2 saturated heterocycles. The minimum Gasteiger partial charge on any atom is -0.490 e. The zero-order chi connectivity index (χ0) is 21.2. The summed E-state index contributed by atoms with van der Waals surface area (Å²) in [6.07, 6.45) is 4.41. The van der Waals surface area contributed by atoms with Gasteiger partial charge in [-0.2, -0.15) is 0 Å². The number of ether oxygens (including phenoxy) is 1. The highest BCUT2D eigenvalue weighted by atomic mass is 35.5. The van der Waals surface area contributed by atoms with E-state index in [9.17, 15) is 4.79 Å². The number of rotatable bonds is 3. The summed E-state index contributed by atoms with van der Waals surface area (Å²) in [5.74, 6) is 0.825. The number of benzene rings is 2. The van der Waals surface area contributed by atoms with E-state index in [2.05, 4.69) is 4.98 Å². The number of piperidine rings is 1. The van der Waals surface area contributed by atoms with Gasteiger partial charge in [-0.1, -0.05) is 29.8 Å². The number of pyridine rings is 1. The molecule has 2 aliphatic rings. The van der Waals surface area contributed by atoms with Crippen LogP contribution in [0.15, 0.2) is 54.7 Å². The van der Waals surface area contributed by atoms with Crippen LogP contribution in [0, 0.1) is 0 Å². The third kappa shape index (κ3) is 4.31. The fraction of sp³-hybridized carbons (Fsp3) is 0.333. The monoisotopic (exact) mass is 437 g/mol. The molecule has 2 aromatic carbocycles. The van der Waals surface area contributed by atoms with Crippen LogP contribution in [0.4, 0.5) is 4.79 Å². The van der Waals surface area contributed by atoms with Gasteiger partial charge in [0.05, 0.1) is 18.7 Å². The molecule has 1 aromatic heterocycles. The minimum atomic E-state index is -0.0259. The van der Waals surface area contributed by atoms with E-state index in [-0.39, 0.29) is 12.1 Å². The van der Waals surface area contributed by atoms with Gasteiger partial charge in [0.2, 0.25) is 0 Å². The van der Waals surface area contributed by atoms with Crippen LogP contribution in [0.1, 0.15) is 19.3 Å². The van der Waals surface area contributed by atoms with Crippen molar-refractivity contribution in [2.75, 3.05) is 26.2 Å². The lowest BCUT2D eigenvalue weighted by atomic mass is 10.0. The maximum absolute atomic E-state index is 12.4. The molecule has 160 valence electrons. The molecule has 2 aliphatic heterocycles. The highest BCUT2D eigenvalue weighted by Crippen LogP contribution is 2.33. The fourth-order valence-corrected chi connectivity index (χ4v) is 4.42. The smallest absolute Gasteiger partial charge is 0.343 e. The summed E-state index contributed by atoms with van der Waals surface area (Å²) in [5.41, 5.74) is 2.90. The molecule has 0 N–H and O–H groups in total. The molecule has 31 heavy (non-hydrogen) atoms. The number of hydroxylamine groups is 2. The predicted molar refractivity (Wildman–Crippen MR) is 120 cm³/mol. The van der Waals surface area contributed by atoms with Crippen LogP contribution >= 0.6 is 11.6 Å². The molecule has 0 spiro atoms. The molecule has 3 aromatic rings. The Morgan fingerprint density at radius 3 is 2.65 bits per heavy atom. The molecular formula is C24H24ClN3O3. The molecule has 5 rings (SSSR count). The van der Waals surface area contributed by atoms with E-state index in [1.165, 1.54) is 5.06 Å². The maximum atomic E-state index is 12.4. The van der Waals surface area contributed by atoms with E-state index < -0.39 is 0 Å². The van der Waals surface area contributed by atoms with Crippen molar-refractivity contribution in [2.24, 2.45) is 0 Å². The van der Waals surface area contributed by atoms with Crippen molar-refractivity contribution < 1.29 is 14.4 Å². The average Bonchev–Trinajstić information content (AvgIpc) is 3.34. The second-order valence-electron chi connectivity index (χ2n) is 7.93. The first-order valence-corrected chi connectivity index (χ1v) is 11.1. The Labute approximate surface area is 186 Å². The number of hydrogen-bond acceptors (Lipinski definition) is 4. The largest absolute Gasteiger partial charge is 0.490 e. The number of carbonyl (C=O) groups is 1. The van der Waals surface area contributed by atoms with Crippen molar-refractivity contribution in [3.63, 3.8) is 0 Å². The van der Waals surface area contributed by atoms with Crippen LogP contribution in [0.2, 0.25) is 5.02 Å². The molecule has 3 heterocycles. The second kappa shape index (κ2) is 8.73. The minimum absolute atomic E-state index is 0.0259. The highest BCUT2D eigenvalue weighted by Gasteiger charge is 2.29. The molecule has 0 radical (unpaired) electrons. The molecule has 0 aliphatic carbocycles. The van der Waals surface area contributed by atoms with Crippen molar-refractivity contribution >= 4 is 28.5 Å². The van der Waals surface area contributed by atoms with E-state index >= 15 is 0 Å².